The molecule has 0 saturated carbocycles. The van der Waals surface area contributed by atoms with Crippen LogP contribution in [0.5, 0.6) is 0 Å². The molecule has 0 aliphatic heterocycles. The Kier molecular flexibility index (Phi) is 4.97. The minimum Gasteiger partial charge on any atom is -0.338 e. The van der Waals surface area contributed by atoms with Gasteiger partial charge in [0.15, 0.2) is 5.65 Å². The summed E-state index contributed by atoms with van der Waals surface area (Å²) in [6, 6.07) is 12.8. The molecule has 168 valence electrons. The van der Waals surface area contributed by atoms with E-state index in [1.807, 2.05) is 24.8 Å². The fourth-order valence-corrected chi connectivity index (χ4v) is 5.22. The van der Waals surface area contributed by atoms with E-state index < -0.39 is 0 Å². The third-order valence-corrected chi connectivity index (χ3v) is 6.88. The van der Waals surface area contributed by atoms with Gasteiger partial charge < -0.3 is 9.88 Å². The number of nitrogens with one attached hydrogen (secondary N) is 2. The molecular formula is C26H23N7S. The number of thiophene rings is 1. The summed E-state index contributed by atoms with van der Waals surface area (Å²) in [5, 5.41) is 9.67. The molecule has 0 spiro atoms. The molecule has 0 aliphatic carbocycles. The molecule has 0 unspecified atom stereocenters. The Labute approximate surface area is 200 Å². The second-order valence-electron chi connectivity index (χ2n) is 8.73. The molecule has 0 amide bonds. The van der Waals surface area contributed by atoms with E-state index in [4.69, 9.17) is 0 Å². The molecule has 0 bridgehead atoms. The maximum atomic E-state index is 4.61. The van der Waals surface area contributed by atoms with Crippen LogP contribution in [0.15, 0.2) is 61.2 Å². The zero-order valence-electron chi connectivity index (χ0n) is 19.1. The molecule has 2 N–H and O–H groups in total. The van der Waals surface area contributed by atoms with Crippen LogP contribution in [0.25, 0.3) is 55.0 Å². The molecule has 0 fully saturated rings. The lowest BCUT2D eigenvalue weighted by Gasteiger charge is -2.10. The van der Waals surface area contributed by atoms with Crippen LogP contribution in [0.2, 0.25) is 0 Å². The standard InChI is InChI=1S/C26H23N7S/c1-15-4-5-23(34-15)19-6-7-28-25-20(19)10-22(30-25)24-21-9-18(13-29-26(21)32-31-24)17-8-16(11-27-12-17)14-33(2)3/h4-13H,14H2,1-3H3,(H,28,30)(H,29,31,32). The average molecular weight is 466 g/mol. The minimum absolute atomic E-state index is 0.678. The summed E-state index contributed by atoms with van der Waals surface area (Å²) in [6.07, 6.45) is 7.49. The maximum absolute atomic E-state index is 4.61. The lowest BCUT2D eigenvalue weighted by Crippen LogP contribution is -2.10. The Hall–Kier alpha value is -3.88. The first-order valence-electron chi connectivity index (χ1n) is 11.0. The first-order chi connectivity index (χ1) is 16.5. The third kappa shape index (κ3) is 3.67. The number of aromatic nitrogens is 6. The van der Waals surface area contributed by atoms with Crippen molar-refractivity contribution < 1.29 is 0 Å². The monoisotopic (exact) mass is 465 g/mol. The fraction of sp³-hybridized carbons (Fsp3) is 0.154. The molecular weight excluding hydrogens is 442 g/mol. The Bertz CT molecular complexity index is 1640. The topological polar surface area (TPSA) is 86.4 Å². The first kappa shape index (κ1) is 20.7. The van der Waals surface area contributed by atoms with Gasteiger partial charge in [0.25, 0.3) is 0 Å². The van der Waals surface area contributed by atoms with Gasteiger partial charge in [-0.2, -0.15) is 5.10 Å². The normalized spacial score (nSPS) is 11.8. The van der Waals surface area contributed by atoms with Crippen molar-refractivity contribution in [1.82, 2.24) is 35.0 Å². The number of nitrogens with zero attached hydrogens (tertiary/aromatic N) is 5. The molecule has 7 nitrogen and oxygen atoms in total. The number of fused-ring (bicyclic) bond motifs is 2. The van der Waals surface area contributed by atoms with Gasteiger partial charge in [-0.3, -0.25) is 10.1 Å². The molecule has 0 radical (unpaired) electrons. The highest BCUT2D eigenvalue weighted by molar-refractivity contribution is 7.15. The van der Waals surface area contributed by atoms with Gasteiger partial charge in [-0.15, -0.1) is 11.3 Å². The summed E-state index contributed by atoms with van der Waals surface area (Å²) in [5.41, 5.74) is 7.74. The summed E-state index contributed by atoms with van der Waals surface area (Å²) < 4.78 is 0. The minimum atomic E-state index is 0.678. The molecule has 6 aromatic rings. The van der Waals surface area contributed by atoms with Crippen LogP contribution in [0.3, 0.4) is 0 Å². The third-order valence-electron chi connectivity index (χ3n) is 5.84. The largest absolute Gasteiger partial charge is 0.338 e. The predicted molar refractivity (Wildman–Crippen MR) is 138 cm³/mol. The van der Waals surface area contributed by atoms with E-state index in [0.29, 0.717) is 5.65 Å². The van der Waals surface area contributed by atoms with Gasteiger partial charge in [0.05, 0.1) is 11.4 Å². The van der Waals surface area contributed by atoms with Crippen molar-refractivity contribution in [3.8, 4) is 33.0 Å². The number of rotatable bonds is 5. The summed E-state index contributed by atoms with van der Waals surface area (Å²) in [5.74, 6) is 0. The van der Waals surface area contributed by atoms with Gasteiger partial charge >= 0.3 is 0 Å². The molecule has 8 heteroatoms. The maximum Gasteiger partial charge on any atom is 0.181 e. The van der Waals surface area contributed by atoms with Crippen LogP contribution < -0.4 is 0 Å². The van der Waals surface area contributed by atoms with Crippen molar-refractivity contribution in [1.29, 1.82) is 0 Å². The quantitative estimate of drug-likeness (QED) is 0.343. The van der Waals surface area contributed by atoms with E-state index in [9.17, 15) is 0 Å². The van der Waals surface area contributed by atoms with Gasteiger partial charge in [-0.05, 0) is 63.0 Å². The van der Waals surface area contributed by atoms with Crippen molar-refractivity contribution in [2.45, 2.75) is 13.5 Å². The number of pyridine rings is 3. The second-order valence-corrected chi connectivity index (χ2v) is 10.0. The van der Waals surface area contributed by atoms with Crippen molar-refractivity contribution in [2.75, 3.05) is 14.1 Å². The highest BCUT2D eigenvalue weighted by Gasteiger charge is 2.16. The van der Waals surface area contributed by atoms with Crippen LogP contribution in [0, 0.1) is 6.92 Å². The van der Waals surface area contributed by atoms with Crippen LogP contribution in [0.4, 0.5) is 0 Å². The number of H-pyrrole nitrogens is 2. The Balaban J connectivity index is 1.45. The second kappa shape index (κ2) is 8.16. The van der Waals surface area contributed by atoms with Gasteiger partial charge in [-0.25, -0.2) is 9.97 Å². The van der Waals surface area contributed by atoms with Crippen molar-refractivity contribution >= 4 is 33.4 Å². The highest BCUT2D eigenvalue weighted by Crippen LogP contribution is 2.36. The Morgan fingerprint density at radius 3 is 2.65 bits per heavy atom. The molecule has 34 heavy (non-hydrogen) atoms. The smallest absolute Gasteiger partial charge is 0.181 e. The van der Waals surface area contributed by atoms with Crippen molar-refractivity contribution in [3.63, 3.8) is 0 Å². The predicted octanol–water partition coefficient (Wildman–Crippen LogP) is 5.66. The van der Waals surface area contributed by atoms with E-state index >= 15 is 0 Å². The lowest BCUT2D eigenvalue weighted by atomic mass is 10.1. The van der Waals surface area contributed by atoms with E-state index in [1.165, 1.54) is 15.3 Å². The summed E-state index contributed by atoms with van der Waals surface area (Å²) >= 11 is 1.79. The van der Waals surface area contributed by atoms with E-state index in [2.05, 4.69) is 92.5 Å². The number of aryl methyl sites for hydroxylation is 1. The van der Waals surface area contributed by atoms with Crippen LogP contribution in [0.1, 0.15) is 10.4 Å². The zero-order chi connectivity index (χ0) is 23.2. The van der Waals surface area contributed by atoms with Gasteiger partial charge in [-0.1, -0.05) is 0 Å². The van der Waals surface area contributed by atoms with Crippen LogP contribution >= 0.6 is 11.3 Å². The Morgan fingerprint density at radius 1 is 0.941 bits per heavy atom. The molecule has 6 heterocycles. The zero-order valence-corrected chi connectivity index (χ0v) is 19.9. The summed E-state index contributed by atoms with van der Waals surface area (Å²) in [6.45, 7) is 2.96. The van der Waals surface area contributed by atoms with Crippen LogP contribution in [-0.4, -0.2) is 49.1 Å². The van der Waals surface area contributed by atoms with E-state index in [1.54, 1.807) is 11.3 Å². The molecule has 0 aliphatic rings. The molecule has 0 saturated heterocycles. The molecule has 6 rings (SSSR count). The molecule has 0 atom stereocenters. The average Bonchev–Trinajstić information content (AvgIpc) is 3.55. The van der Waals surface area contributed by atoms with E-state index in [-0.39, 0.29) is 0 Å². The lowest BCUT2D eigenvalue weighted by molar-refractivity contribution is 0.402. The van der Waals surface area contributed by atoms with Crippen molar-refractivity contribution in [3.05, 3.63) is 71.6 Å². The fourth-order valence-electron chi connectivity index (χ4n) is 4.32. The van der Waals surface area contributed by atoms with Gasteiger partial charge in [0.1, 0.15) is 5.65 Å². The summed E-state index contributed by atoms with van der Waals surface area (Å²) in [7, 11) is 4.11. The van der Waals surface area contributed by atoms with Gasteiger partial charge in [0, 0.05) is 68.5 Å². The van der Waals surface area contributed by atoms with Crippen molar-refractivity contribution in [2.24, 2.45) is 0 Å². The van der Waals surface area contributed by atoms with Crippen LogP contribution in [-0.2, 0) is 6.54 Å². The first-order valence-corrected chi connectivity index (χ1v) is 11.8. The molecule has 0 aromatic carbocycles. The number of hydrogen-bond donors (Lipinski definition) is 2. The van der Waals surface area contributed by atoms with Gasteiger partial charge in [0.2, 0.25) is 0 Å². The number of hydrogen-bond acceptors (Lipinski definition) is 6. The molecule has 6 aromatic heterocycles. The van der Waals surface area contributed by atoms with E-state index in [0.717, 1.165) is 51.0 Å². The Morgan fingerprint density at radius 2 is 1.82 bits per heavy atom. The highest BCUT2D eigenvalue weighted by atomic mass is 32.1. The number of aromatic amines is 2. The summed E-state index contributed by atoms with van der Waals surface area (Å²) in [4.78, 5) is 21.7. The SMILES string of the molecule is Cc1ccc(-c2ccnc3[nH]c(-c4[nH]nc5ncc(-c6cncc(CN(C)C)c6)cc45)cc23)s1.